The lowest BCUT2D eigenvalue weighted by Crippen LogP contribution is -2.23. The molecule has 0 fully saturated rings. The van der Waals surface area contributed by atoms with E-state index in [9.17, 15) is 0 Å². The van der Waals surface area contributed by atoms with Gasteiger partial charge in [-0.3, -0.25) is 4.90 Å². The molecule has 0 aliphatic carbocycles. The highest BCUT2D eigenvalue weighted by Crippen LogP contribution is 2.35. The highest BCUT2D eigenvalue weighted by molar-refractivity contribution is 5.60. The van der Waals surface area contributed by atoms with Gasteiger partial charge >= 0.3 is 0 Å². The first-order chi connectivity index (χ1) is 15.0. The molecule has 0 saturated carbocycles. The Morgan fingerprint density at radius 3 is 2.48 bits per heavy atom. The van der Waals surface area contributed by atoms with Gasteiger partial charge < -0.3 is 23.4 Å². The van der Waals surface area contributed by atoms with Crippen LogP contribution in [0.5, 0.6) is 23.0 Å². The van der Waals surface area contributed by atoms with Crippen molar-refractivity contribution < 1.29 is 23.4 Å². The number of benzene rings is 2. The second-order valence-corrected chi connectivity index (χ2v) is 7.59. The van der Waals surface area contributed by atoms with Gasteiger partial charge in [0.15, 0.2) is 23.0 Å². The van der Waals surface area contributed by atoms with E-state index in [1.54, 1.807) is 14.2 Å². The number of aromatic nitrogens is 1. The Balaban J connectivity index is 1.51. The topological polar surface area (TPSA) is 66.2 Å². The van der Waals surface area contributed by atoms with Crippen molar-refractivity contribution in [3.05, 3.63) is 53.4 Å². The largest absolute Gasteiger partial charge is 0.493 e. The van der Waals surface area contributed by atoms with E-state index < -0.39 is 0 Å². The van der Waals surface area contributed by atoms with Crippen molar-refractivity contribution in [1.29, 1.82) is 0 Å². The Kier molecular flexibility index (Phi) is 6.04. The number of rotatable bonds is 7. The maximum atomic E-state index is 5.96. The average Bonchev–Trinajstić information content (AvgIpc) is 3.17. The first kappa shape index (κ1) is 21.1. The molecule has 3 aromatic rings. The predicted molar refractivity (Wildman–Crippen MR) is 117 cm³/mol. The van der Waals surface area contributed by atoms with Crippen LogP contribution >= 0.6 is 0 Å². The molecule has 0 saturated heterocycles. The van der Waals surface area contributed by atoms with Crippen molar-refractivity contribution in [2.75, 3.05) is 34.5 Å². The monoisotopic (exact) mass is 424 g/mol. The second kappa shape index (κ2) is 8.89. The van der Waals surface area contributed by atoms with Crippen LogP contribution < -0.4 is 18.9 Å². The molecule has 0 N–H and O–H groups in total. The van der Waals surface area contributed by atoms with E-state index in [0.717, 1.165) is 34.1 Å². The smallest absolute Gasteiger partial charge is 0.226 e. The Morgan fingerprint density at radius 2 is 1.74 bits per heavy atom. The van der Waals surface area contributed by atoms with E-state index >= 15 is 0 Å². The number of hydrogen-bond acceptors (Lipinski definition) is 7. The van der Waals surface area contributed by atoms with Crippen LogP contribution in [0.3, 0.4) is 0 Å². The van der Waals surface area contributed by atoms with Gasteiger partial charge in [-0.05, 0) is 56.8 Å². The van der Waals surface area contributed by atoms with Crippen LogP contribution in [0, 0.1) is 6.92 Å². The van der Waals surface area contributed by atoms with E-state index in [-0.39, 0.29) is 6.04 Å². The van der Waals surface area contributed by atoms with E-state index in [4.69, 9.17) is 28.3 Å². The van der Waals surface area contributed by atoms with Gasteiger partial charge in [-0.2, -0.15) is 0 Å². The molecule has 164 valence electrons. The number of fused-ring (bicyclic) bond motifs is 1. The summed E-state index contributed by atoms with van der Waals surface area (Å²) in [6.07, 6.45) is 0. The Morgan fingerprint density at radius 1 is 1.00 bits per heavy atom. The normalized spacial score (nSPS) is 13.9. The lowest BCUT2D eigenvalue weighted by atomic mass is 10.1. The highest BCUT2D eigenvalue weighted by Gasteiger charge is 2.20. The zero-order valence-corrected chi connectivity index (χ0v) is 18.6. The van der Waals surface area contributed by atoms with Crippen LogP contribution in [0.15, 0.2) is 40.8 Å². The Bertz CT molecular complexity index is 1060. The van der Waals surface area contributed by atoms with Crippen LogP contribution in [0.25, 0.3) is 11.5 Å². The molecule has 1 atom stereocenters. The quantitative estimate of drug-likeness (QED) is 0.548. The SMILES string of the molecule is COc1ccc(-c2nc(CN(C)C(C)c3ccc4c(c3)OCCO4)c(C)o2)cc1OC. The fraction of sp³-hybridized carbons (Fsp3) is 0.375. The minimum Gasteiger partial charge on any atom is -0.493 e. The molecule has 0 bridgehead atoms. The fourth-order valence-corrected chi connectivity index (χ4v) is 3.61. The van der Waals surface area contributed by atoms with Crippen LogP contribution in [0.2, 0.25) is 0 Å². The summed E-state index contributed by atoms with van der Waals surface area (Å²) in [7, 11) is 5.30. The van der Waals surface area contributed by atoms with Crippen LogP contribution in [-0.4, -0.2) is 44.4 Å². The maximum Gasteiger partial charge on any atom is 0.226 e. The number of hydrogen-bond donors (Lipinski definition) is 0. The van der Waals surface area contributed by atoms with Gasteiger partial charge in [-0.15, -0.1) is 0 Å². The summed E-state index contributed by atoms with van der Waals surface area (Å²) >= 11 is 0. The summed E-state index contributed by atoms with van der Waals surface area (Å²) in [4.78, 5) is 6.98. The summed E-state index contributed by atoms with van der Waals surface area (Å²) < 4.78 is 28.0. The molecular formula is C24H28N2O5. The second-order valence-electron chi connectivity index (χ2n) is 7.59. The zero-order valence-electron chi connectivity index (χ0n) is 18.6. The lowest BCUT2D eigenvalue weighted by molar-refractivity contribution is 0.170. The third-order valence-corrected chi connectivity index (χ3v) is 5.63. The van der Waals surface area contributed by atoms with Gasteiger partial charge in [0.25, 0.3) is 0 Å². The number of oxazole rings is 1. The fourth-order valence-electron chi connectivity index (χ4n) is 3.61. The molecule has 0 radical (unpaired) electrons. The van der Waals surface area contributed by atoms with Gasteiger partial charge in [0.05, 0.1) is 19.9 Å². The third-order valence-electron chi connectivity index (χ3n) is 5.63. The molecule has 0 amide bonds. The van der Waals surface area contributed by atoms with Gasteiger partial charge in [0.1, 0.15) is 19.0 Å². The minimum absolute atomic E-state index is 0.163. The zero-order chi connectivity index (χ0) is 22.0. The highest BCUT2D eigenvalue weighted by atomic mass is 16.6. The molecule has 1 aliphatic heterocycles. The molecular weight excluding hydrogens is 396 g/mol. The summed E-state index contributed by atoms with van der Waals surface area (Å²) in [5, 5.41) is 0. The van der Waals surface area contributed by atoms with Gasteiger partial charge in [-0.1, -0.05) is 6.07 Å². The van der Waals surface area contributed by atoms with Gasteiger partial charge in [0, 0.05) is 18.2 Å². The third kappa shape index (κ3) is 4.32. The van der Waals surface area contributed by atoms with Gasteiger partial charge in [0.2, 0.25) is 5.89 Å². The molecule has 2 heterocycles. The van der Waals surface area contributed by atoms with Crippen molar-refractivity contribution in [3.8, 4) is 34.5 Å². The molecule has 7 nitrogen and oxygen atoms in total. The molecule has 7 heteroatoms. The molecule has 4 rings (SSSR count). The average molecular weight is 424 g/mol. The van der Waals surface area contributed by atoms with Crippen LogP contribution in [0.4, 0.5) is 0 Å². The van der Waals surface area contributed by atoms with E-state index in [1.165, 1.54) is 0 Å². The standard InChI is InChI=1S/C24H28N2O5/c1-15(17-6-9-21-23(12-17)30-11-10-29-21)26(3)14-19-16(2)31-24(25-19)18-7-8-20(27-4)22(13-18)28-5/h6-9,12-13,15H,10-11,14H2,1-5H3. The summed E-state index contributed by atoms with van der Waals surface area (Å²) in [6.45, 7) is 5.93. The summed E-state index contributed by atoms with van der Waals surface area (Å²) in [6, 6.07) is 11.9. The Hall–Kier alpha value is -3.19. The van der Waals surface area contributed by atoms with Gasteiger partial charge in [-0.25, -0.2) is 4.98 Å². The van der Waals surface area contributed by atoms with Crippen LogP contribution in [0.1, 0.15) is 30.0 Å². The number of aryl methyl sites for hydroxylation is 1. The van der Waals surface area contributed by atoms with Crippen molar-refractivity contribution >= 4 is 0 Å². The molecule has 1 unspecified atom stereocenters. The van der Waals surface area contributed by atoms with E-state index in [2.05, 4.69) is 31.0 Å². The van der Waals surface area contributed by atoms with Crippen molar-refractivity contribution in [1.82, 2.24) is 9.88 Å². The summed E-state index contributed by atoms with van der Waals surface area (Å²) in [5.41, 5.74) is 2.90. The molecule has 2 aromatic carbocycles. The lowest BCUT2D eigenvalue weighted by Gasteiger charge is -2.26. The van der Waals surface area contributed by atoms with Crippen LogP contribution in [-0.2, 0) is 6.54 Å². The van der Waals surface area contributed by atoms with E-state index in [1.807, 2.05) is 31.2 Å². The maximum absolute atomic E-state index is 5.96. The first-order valence-electron chi connectivity index (χ1n) is 10.3. The number of ether oxygens (including phenoxy) is 4. The van der Waals surface area contributed by atoms with E-state index in [0.29, 0.717) is 37.1 Å². The van der Waals surface area contributed by atoms with Crippen molar-refractivity contribution in [3.63, 3.8) is 0 Å². The molecule has 1 aliphatic rings. The first-order valence-corrected chi connectivity index (χ1v) is 10.3. The molecule has 0 spiro atoms. The molecule has 31 heavy (non-hydrogen) atoms. The number of nitrogens with zero attached hydrogens (tertiary/aromatic N) is 2. The Labute approximate surface area is 182 Å². The number of methoxy groups -OCH3 is 2. The minimum atomic E-state index is 0.163. The predicted octanol–water partition coefficient (Wildman–Crippen LogP) is 4.63. The van der Waals surface area contributed by atoms with Crippen molar-refractivity contribution in [2.24, 2.45) is 0 Å². The van der Waals surface area contributed by atoms with Crippen molar-refractivity contribution in [2.45, 2.75) is 26.4 Å². The summed E-state index contributed by atoms with van der Waals surface area (Å²) in [5.74, 6) is 4.28. The molecule has 1 aromatic heterocycles.